The number of hydrogen-bond acceptors (Lipinski definition) is 2. The lowest BCUT2D eigenvalue weighted by Gasteiger charge is -2.09. The van der Waals surface area contributed by atoms with Crippen LogP contribution in [-0.2, 0) is 6.54 Å². The Balaban J connectivity index is 2.17. The zero-order chi connectivity index (χ0) is 13.0. The molecule has 0 aliphatic heterocycles. The van der Waals surface area contributed by atoms with Crippen molar-refractivity contribution in [2.75, 3.05) is 5.32 Å². The summed E-state index contributed by atoms with van der Waals surface area (Å²) in [5, 5.41) is 12.5. The van der Waals surface area contributed by atoms with Crippen LogP contribution in [0.2, 0.25) is 5.02 Å². The SMILES string of the molecule is N#Cc1ccccc1NCc1cc(F)ccc1Cl. The molecule has 0 radical (unpaired) electrons. The maximum Gasteiger partial charge on any atom is 0.123 e. The first-order chi connectivity index (χ1) is 8.70. The summed E-state index contributed by atoms with van der Waals surface area (Å²) in [6, 6.07) is 13.4. The monoisotopic (exact) mass is 260 g/mol. The molecule has 4 heteroatoms. The van der Waals surface area contributed by atoms with Crippen LogP contribution in [0.15, 0.2) is 42.5 Å². The Kier molecular flexibility index (Phi) is 3.81. The number of nitriles is 1. The molecule has 0 unspecified atom stereocenters. The van der Waals surface area contributed by atoms with Gasteiger partial charge in [0.1, 0.15) is 11.9 Å². The maximum atomic E-state index is 13.1. The Labute approximate surface area is 110 Å². The van der Waals surface area contributed by atoms with Crippen LogP contribution >= 0.6 is 11.6 Å². The van der Waals surface area contributed by atoms with Crippen molar-refractivity contribution in [1.82, 2.24) is 0 Å². The van der Waals surface area contributed by atoms with Crippen molar-refractivity contribution in [2.45, 2.75) is 6.54 Å². The van der Waals surface area contributed by atoms with Crippen LogP contribution in [-0.4, -0.2) is 0 Å². The molecule has 90 valence electrons. The number of anilines is 1. The summed E-state index contributed by atoms with van der Waals surface area (Å²) in [5.41, 5.74) is 1.91. The molecule has 0 fully saturated rings. The van der Waals surface area contributed by atoms with Gasteiger partial charge in [0, 0.05) is 11.6 Å². The van der Waals surface area contributed by atoms with Crippen molar-refractivity contribution in [1.29, 1.82) is 5.26 Å². The van der Waals surface area contributed by atoms with Gasteiger partial charge in [-0.25, -0.2) is 4.39 Å². The van der Waals surface area contributed by atoms with E-state index in [1.165, 1.54) is 18.2 Å². The van der Waals surface area contributed by atoms with Crippen LogP contribution in [0.1, 0.15) is 11.1 Å². The predicted molar refractivity (Wildman–Crippen MR) is 69.9 cm³/mol. The van der Waals surface area contributed by atoms with E-state index in [1.807, 2.05) is 6.07 Å². The first-order valence-electron chi connectivity index (χ1n) is 5.37. The summed E-state index contributed by atoms with van der Waals surface area (Å²) in [6.07, 6.45) is 0. The Morgan fingerprint density at radius 1 is 1.22 bits per heavy atom. The van der Waals surface area contributed by atoms with Crippen LogP contribution < -0.4 is 5.32 Å². The zero-order valence-electron chi connectivity index (χ0n) is 9.45. The van der Waals surface area contributed by atoms with Crippen molar-refractivity contribution < 1.29 is 4.39 Å². The molecule has 0 bridgehead atoms. The lowest BCUT2D eigenvalue weighted by Crippen LogP contribution is -2.02. The van der Waals surface area contributed by atoms with Crippen molar-refractivity contribution in [3.8, 4) is 6.07 Å². The van der Waals surface area contributed by atoms with Crippen molar-refractivity contribution in [3.63, 3.8) is 0 Å². The van der Waals surface area contributed by atoms with E-state index >= 15 is 0 Å². The molecule has 0 aromatic heterocycles. The van der Waals surface area contributed by atoms with Crippen molar-refractivity contribution in [3.05, 3.63) is 64.4 Å². The molecule has 18 heavy (non-hydrogen) atoms. The molecular weight excluding hydrogens is 251 g/mol. The highest BCUT2D eigenvalue weighted by molar-refractivity contribution is 6.31. The smallest absolute Gasteiger partial charge is 0.123 e. The third kappa shape index (κ3) is 2.79. The van der Waals surface area contributed by atoms with Gasteiger partial charge in [-0.1, -0.05) is 23.7 Å². The first-order valence-corrected chi connectivity index (χ1v) is 5.75. The quantitative estimate of drug-likeness (QED) is 0.907. The Morgan fingerprint density at radius 2 is 2.00 bits per heavy atom. The molecule has 0 spiro atoms. The minimum atomic E-state index is -0.329. The number of rotatable bonds is 3. The van der Waals surface area contributed by atoms with E-state index in [9.17, 15) is 4.39 Å². The fraction of sp³-hybridized carbons (Fsp3) is 0.0714. The highest BCUT2D eigenvalue weighted by Gasteiger charge is 2.04. The van der Waals surface area contributed by atoms with Gasteiger partial charge in [0.2, 0.25) is 0 Å². The fourth-order valence-electron chi connectivity index (χ4n) is 1.60. The first kappa shape index (κ1) is 12.4. The average molecular weight is 261 g/mol. The number of nitrogens with one attached hydrogen (secondary N) is 1. The van der Waals surface area contributed by atoms with E-state index in [2.05, 4.69) is 11.4 Å². The molecule has 2 nitrogen and oxygen atoms in total. The third-order valence-electron chi connectivity index (χ3n) is 2.52. The molecule has 0 heterocycles. The van der Waals surface area contributed by atoms with Crippen LogP contribution in [0.3, 0.4) is 0 Å². The molecule has 2 rings (SSSR count). The second-order valence-corrected chi connectivity index (χ2v) is 4.15. The van der Waals surface area contributed by atoms with E-state index in [4.69, 9.17) is 16.9 Å². The minimum absolute atomic E-state index is 0.329. The van der Waals surface area contributed by atoms with E-state index in [1.54, 1.807) is 18.2 Å². The Hall–Kier alpha value is -2.05. The van der Waals surface area contributed by atoms with Gasteiger partial charge >= 0.3 is 0 Å². The topological polar surface area (TPSA) is 35.8 Å². The second-order valence-electron chi connectivity index (χ2n) is 3.75. The lowest BCUT2D eigenvalue weighted by atomic mass is 10.1. The van der Waals surface area contributed by atoms with Crippen LogP contribution in [0, 0.1) is 17.1 Å². The number of nitrogens with zero attached hydrogens (tertiary/aromatic N) is 1. The molecule has 1 N–H and O–H groups in total. The summed E-state index contributed by atoms with van der Waals surface area (Å²) in [7, 11) is 0. The molecule has 2 aromatic rings. The zero-order valence-corrected chi connectivity index (χ0v) is 10.2. The van der Waals surface area contributed by atoms with Gasteiger partial charge in [0.15, 0.2) is 0 Å². The summed E-state index contributed by atoms with van der Waals surface area (Å²) in [6.45, 7) is 0.370. The van der Waals surface area contributed by atoms with E-state index < -0.39 is 0 Å². The number of para-hydroxylation sites is 1. The Morgan fingerprint density at radius 3 is 2.78 bits per heavy atom. The molecule has 0 saturated carbocycles. The highest BCUT2D eigenvalue weighted by Crippen LogP contribution is 2.20. The van der Waals surface area contributed by atoms with Crippen LogP contribution in [0.4, 0.5) is 10.1 Å². The van der Waals surface area contributed by atoms with Gasteiger partial charge in [-0.3, -0.25) is 0 Å². The third-order valence-corrected chi connectivity index (χ3v) is 2.89. The number of hydrogen-bond donors (Lipinski definition) is 1. The van der Waals surface area contributed by atoms with Gasteiger partial charge in [0.05, 0.1) is 11.3 Å². The van der Waals surface area contributed by atoms with Crippen molar-refractivity contribution in [2.24, 2.45) is 0 Å². The van der Waals surface area contributed by atoms with Crippen molar-refractivity contribution >= 4 is 17.3 Å². The van der Waals surface area contributed by atoms with Gasteiger partial charge < -0.3 is 5.32 Å². The summed E-state index contributed by atoms with van der Waals surface area (Å²) < 4.78 is 13.1. The molecular formula is C14H10ClFN2. The number of halogens is 2. The number of benzene rings is 2. The average Bonchev–Trinajstić information content (AvgIpc) is 2.40. The van der Waals surface area contributed by atoms with Crippen LogP contribution in [0.25, 0.3) is 0 Å². The summed E-state index contributed by atoms with van der Waals surface area (Å²) in [5.74, 6) is -0.329. The fourth-order valence-corrected chi connectivity index (χ4v) is 1.79. The molecule has 0 aliphatic carbocycles. The van der Waals surface area contributed by atoms with Crippen LogP contribution in [0.5, 0.6) is 0 Å². The minimum Gasteiger partial charge on any atom is -0.380 e. The summed E-state index contributed by atoms with van der Waals surface area (Å²) in [4.78, 5) is 0. The Bertz CT molecular complexity index is 605. The van der Waals surface area contributed by atoms with E-state index in [0.29, 0.717) is 28.4 Å². The molecule has 0 atom stereocenters. The predicted octanol–water partition coefficient (Wildman–Crippen LogP) is 3.96. The molecule has 0 amide bonds. The van der Waals surface area contributed by atoms with Gasteiger partial charge in [-0.2, -0.15) is 5.26 Å². The summed E-state index contributed by atoms with van der Waals surface area (Å²) >= 11 is 5.96. The second kappa shape index (κ2) is 5.52. The van der Waals surface area contributed by atoms with E-state index in [0.717, 1.165) is 0 Å². The molecule has 0 aliphatic rings. The normalized spacial score (nSPS) is 9.83. The highest BCUT2D eigenvalue weighted by atomic mass is 35.5. The van der Waals surface area contributed by atoms with Gasteiger partial charge in [-0.05, 0) is 35.9 Å². The largest absolute Gasteiger partial charge is 0.380 e. The van der Waals surface area contributed by atoms with Gasteiger partial charge in [-0.15, -0.1) is 0 Å². The maximum absolute atomic E-state index is 13.1. The lowest BCUT2D eigenvalue weighted by molar-refractivity contribution is 0.626. The molecule has 2 aromatic carbocycles. The van der Waals surface area contributed by atoms with Gasteiger partial charge in [0.25, 0.3) is 0 Å². The standard InChI is InChI=1S/C14H10ClFN2/c15-13-6-5-12(16)7-11(13)9-18-14-4-2-1-3-10(14)8-17/h1-7,18H,9H2. The van der Waals surface area contributed by atoms with E-state index in [-0.39, 0.29) is 5.82 Å². The molecule has 0 saturated heterocycles.